The minimum absolute atomic E-state index is 0.119. The van der Waals surface area contributed by atoms with E-state index in [9.17, 15) is 10.1 Å². The van der Waals surface area contributed by atoms with E-state index in [1.165, 1.54) is 12.1 Å². The lowest BCUT2D eigenvalue weighted by molar-refractivity contribution is -0.384. The van der Waals surface area contributed by atoms with Gasteiger partial charge in [-0.1, -0.05) is 0 Å². The van der Waals surface area contributed by atoms with E-state index in [1.807, 2.05) is 11.9 Å². The highest BCUT2D eigenvalue weighted by atomic mass is 16.6. The van der Waals surface area contributed by atoms with Gasteiger partial charge in [-0.25, -0.2) is 0 Å². The van der Waals surface area contributed by atoms with Crippen LogP contribution in [0.3, 0.4) is 0 Å². The fraction of sp³-hybridized carbons (Fsp3) is 0.455. The Morgan fingerprint density at radius 2 is 2.00 bits per heavy atom. The lowest BCUT2D eigenvalue weighted by atomic mass is 10.2. The summed E-state index contributed by atoms with van der Waals surface area (Å²) in [5.41, 5.74) is 1.09. The summed E-state index contributed by atoms with van der Waals surface area (Å²) in [6.07, 6.45) is 0.935. The molecule has 1 aromatic carbocycles. The second kappa shape index (κ2) is 6.07. The lowest BCUT2D eigenvalue weighted by Crippen LogP contribution is -2.19. The van der Waals surface area contributed by atoms with Crippen LogP contribution in [-0.2, 0) is 4.74 Å². The number of nitro groups is 1. The highest BCUT2D eigenvalue weighted by molar-refractivity contribution is 5.50. The first kappa shape index (κ1) is 12.4. The van der Waals surface area contributed by atoms with Gasteiger partial charge in [0.25, 0.3) is 5.69 Å². The van der Waals surface area contributed by atoms with Crippen molar-refractivity contribution in [2.75, 3.05) is 32.2 Å². The topological polar surface area (TPSA) is 55.6 Å². The maximum atomic E-state index is 10.5. The molecular weight excluding hydrogens is 208 g/mol. The molecule has 16 heavy (non-hydrogen) atoms. The minimum Gasteiger partial charge on any atom is -0.385 e. The molecule has 5 nitrogen and oxygen atoms in total. The first-order valence-corrected chi connectivity index (χ1v) is 5.09. The van der Waals surface area contributed by atoms with Crippen molar-refractivity contribution >= 4 is 11.4 Å². The summed E-state index contributed by atoms with van der Waals surface area (Å²) in [5.74, 6) is 0. The predicted molar refractivity (Wildman–Crippen MR) is 62.9 cm³/mol. The molecule has 0 bridgehead atoms. The Kier molecular flexibility index (Phi) is 4.72. The van der Waals surface area contributed by atoms with Gasteiger partial charge in [-0.15, -0.1) is 0 Å². The summed E-state index contributed by atoms with van der Waals surface area (Å²) in [6.45, 7) is 1.59. The third kappa shape index (κ3) is 3.51. The molecule has 0 radical (unpaired) electrons. The second-order valence-corrected chi connectivity index (χ2v) is 3.54. The molecule has 5 heteroatoms. The molecule has 0 unspecified atom stereocenters. The Morgan fingerprint density at radius 1 is 1.38 bits per heavy atom. The van der Waals surface area contributed by atoms with Crippen molar-refractivity contribution in [2.45, 2.75) is 6.42 Å². The largest absolute Gasteiger partial charge is 0.385 e. The van der Waals surface area contributed by atoms with Crippen molar-refractivity contribution in [3.05, 3.63) is 34.4 Å². The molecule has 0 fully saturated rings. The average Bonchev–Trinajstić information content (AvgIpc) is 2.29. The van der Waals surface area contributed by atoms with E-state index in [0.29, 0.717) is 0 Å². The molecule has 0 N–H and O–H groups in total. The zero-order valence-corrected chi connectivity index (χ0v) is 9.55. The van der Waals surface area contributed by atoms with E-state index in [4.69, 9.17) is 4.74 Å². The number of ether oxygens (including phenoxy) is 1. The summed E-state index contributed by atoms with van der Waals surface area (Å²) < 4.78 is 4.96. The number of hydrogen-bond acceptors (Lipinski definition) is 4. The molecule has 0 spiro atoms. The molecule has 1 rings (SSSR count). The van der Waals surface area contributed by atoms with Crippen LogP contribution >= 0.6 is 0 Å². The summed E-state index contributed by atoms with van der Waals surface area (Å²) in [5, 5.41) is 10.5. The summed E-state index contributed by atoms with van der Waals surface area (Å²) in [4.78, 5) is 12.1. The summed E-state index contributed by atoms with van der Waals surface area (Å²) in [7, 11) is 3.63. The maximum absolute atomic E-state index is 10.5. The number of nitrogens with zero attached hydrogens (tertiary/aromatic N) is 2. The number of methoxy groups -OCH3 is 1. The lowest BCUT2D eigenvalue weighted by Gasteiger charge is -2.18. The van der Waals surface area contributed by atoms with Gasteiger partial charge in [-0.3, -0.25) is 10.1 Å². The Balaban J connectivity index is 2.56. The third-order valence-electron chi connectivity index (χ3n) is 2.34. The molecule has 0 aromatic heterocycles. The van der Waals surface area contributed by atoms with Gasteiger partial charge in [-0.05, 0) is 18.6 Å². The van der Waals surface area contributed by atoms with Crippen LogP contribution in [0.2, 0.25) is 0 Å². The number of non-ortho nitro benzene ring substituents is 1. The Bertz CT molecular complexity index is 338. The standard InChI is InChI=1S/C11H16N2O3/c1-12(8-3-9-16-2)10-4-6-11(7-5-10)13(14)15/h4-7H,3,8-9H2,1-2H3. The van der Waals surface area contributed by atoms with Crippen LogP contribution in [0.5, 0.6) is 0 Å². The maximum Gasteiger partial charge on any atom is 0.269 e. The van der Waals surface area contributed by atoms with Crippen LogP contribution < -0.4 is 4.90 Å². The summed E-state index contributed by atoms with van der Waals surface area (Å²) in [6, 6.07) is 6.54. The van der Waals surface area contributed by atoms with Crippen molar-refractivity contribution in [1.82, 2.24) is 0 Å². The molecule has 0 saturated carbocycles. The van der Waals surface area contributed by atoms with Crippen LogP contribution in [-0.4, -0.2) is 32.2 Å². The van der Waals surface area contributed by atoms with Gasteiger partial charge in [0.2, 0.25) is 0 Å². The normalized spacial score (nSPS) is 10.1. The Morgan fingerprint density at radius 3 is 2.50 bits per heavy atom. The van der Waals surface area contributed by atoms with Crippen LogP contribution in [0.4, 0.5) is 11.4 Å². The van der Waals surface area contributed by atoms with Gasteiger partial charge in [0.1, 0.15) is 0 Å². The van der Waals surface area contributed by atoms with Gasteiger partial charge >= 0.3 is 0 Å². The zero-order valence-electron chi connectivity index (χ0n) is 9.55. The van der Waals surface area contributed by atoms with E-state index >= 15 is 0 Å². The molecule has 0 atom stereocenters. The molecular formula is C11H16N2O3. The Hall–Kier alpha value is -1.62. The first-order valence-electron chi connectivity index (χ1n) is 5.09. The van der Waals surface area contributed by atoms with E-state index in [0.717, 1.165) is 25.3 Å². The van der Waals surface area contributed by atoms with E-state index in [-0.39, 0.29) is 5.69 Å². The van der Waals surface area contributed by atoms with Crippen molar-refractivity contribution in [2.24, 2.45) is 0 Å². The fourth-order valence-electron chi connectivity index (χ4n) is 1.40. The van der Waals surface area contributed by atoms with Crippen LogP contribution in [0.15, 0.2) is 24.3 Å². The van der Waals surface area contributed by atoms with Gasteiger partial charge in [0.05, 0.1) is 4.92 Å². The number of hydrogen-bond donors (Lipinski definition) is 0. The van der Waals surface area contributed by atoms with E-state index in [2.05, 4.69) is 0 Å². The molecule has 0 aliphatic rings. The van der Waals surface area contributed by atoms with Gasteiger partial charge < -0.3 is 9.64 Å². The predicted octanol–water partition coefficient (Wildman–Crippen LogP) is 2.07. The molecule has 1 aromatic rings. The summed E-state index contributed by atoms with van der Waals surface area (Å²) >= 11 is 0. The molecule has 0 amide bonds. The minimum atomic E-state index is -0.394. The average molecular weight is 224 g/mol. The van der Waals surface area contributed by atoms with Gasteiger partial charge in [-0.2, -0.15) is 0 Å². The van der Waals surface area contributed by atoms with Crippen LogP contribution in [0.1, 0.15) is 6.42 Å². The number of benzene rings is 1. The molecule has 0 heterocycles. The smallest absolute Gasteiger partial charge is 0.269 e. The highest BCUT2D eigenvalue weighted by Gasteiger charge is 2.06. The molecule has 0 aliphatic carbocycles. The quantitative estimate of drug-likeness (QED) is 0.421. The van der Waals surface area contributed by atoms with Gasteiger partial charge in [0, 0.05) is 45.1 Å². The first-order chi connectivity index (χ1) is 7.65. The van der Waals surface area contributed by atoms with Crippen LogP contribution in [0.25, 0.3) is 0 Å². The van der Waals surface area contributed by atoms with Crippen molar-refractivity contribution < 1.29 is 9.66 Å². The number of anilines is 1. The van der Waals surface area contributed by atoms with E-state index < -0.39 is 4.92 Å². The molecule has 0 aliphatic heterocycles. The number of rotatable bonds is 6. The van der Waals surface area contributed by atoms with E-state index in [1.54, 1.807) is 19.2 Å². The molecule has 0 saturated heterocycles. The van der Waals surface area contributed by atoms with Crippen molar-refractivity contribution in [3.63, 3.8) is 0 Å². The third-order valence-corrected chi connectivity index (χ3v) is 2.34. The van der Waals surface area contributed by atoms with Gasteiger partial charge in [0.15, 0.2) is 0 Å². The SMILES string of the molecule is COCCCN(C)c1ccc([N+](=O)[O-])cc1. The second-order valence-electron chi connectivity index (χ2n) is 3.54. The van der Waals surface area contributed by atoms with Crippen molar-refractivity contribution in [3.8, 4) is 0 Å². The number of nitro benzene ring substituents is 1. The molecule has 88 valence electrons. The highest BCUT2D eigenvalue weighted by Crippen LogP contribution is 2.18. The van der Waals surface area contributed by atoms with Crippen molar-refractivity contribution in [1.29, 1.82) is 0 Å². The zero-order chi connectivity index (χ0) is 12.0. The monoisotopic (exact) mass is 224 g/mol. The van der Waals surface area contributed by atoms with Crippen LogP contribution in [0, 0.1) is 10.1 Å². The Labute approximate surface area is 94.8 Å². The fourth-order valence-corrected chi connectivity index (χ4v) is 1.40.